The summed E-state index contributed by atoms with van der Waals surface area (Å²) < 4.78 is 25.9. The minimum absolute atomic E-state index is 0.230. The molecule has 0 atom stereocenters. The molecule has 0 aliphatic rings. The van der Waals surface area contributed by atoms with Crippen LogP contribution >= 0.6 is 15.9 Å². The van der Waals surface area contributed by atoms with Gasteiger partial charge in [0.05, 0.1) is 4.90 Å². The van der Waals surface area contributed by atoms with Crippen LogP contribution in [0.5, 0.6) is 0 Å². The van der Waals surface area contributed by atoms with E-state index in [0.29, 0.717) is 9.51 Å². The summed E-state index contributed by atoms with van der Waals surface area (Å²) in [6.07, 6.45) is 3.19. The summed E-state index contributed by atoms with van der Waals surface area (Å²) in [5, 5.41) is 2.11. The zero-order valence-electron chi connectivity index (χ0n) is 12.4. The van der Waals surface area contributed by atoms with Crippen molar-refractivity contribution < 1.29 is 8.42 Å². The molecule has 0 saturated heterocycles. The Balaban J connectivity index is 2.11. The van der Waals surface area contributed by atoms with Crippen LogP contribution < -0.4 is 0 Å². The van der Waals surface area contributed by atoms with Crippen molar-refractivity contribution in [2.24, 2.45) is 0 Å². The number of sulfone groups is 1. The Bertz CT molecular complexity index is 1000. The molecule has 0 bridgehead atoms. The monoisotopic (exact) mass is 387 g/mol. The SMILES string of the molecule is CC(=Cc1cccc2ccccc12)S(=O)(=O)c1ccnc(Br)c1. The first-order valence-electron chi connectivity index (χ1n) is 7.01. The molecule has 0 N–H and O–H groups in total. The molecule has 1 heterocycles. The number of halogens is 1. The van der Waals surface area contributed by atoms with Gasteiger partial charge in [0, 0.05) is 11.1 Å². The van der Waals surface area contributed by atoms with E-state index in [2.05, 4.69) is 20.9 Å². The minimum Gasteiger partial charge on any atom is -0.249 e. The van der Waals surface area contributed by atoms with E-state index in [-0.39, 0.29) is 4.90 Å². The molecular formula is C18H14BrNO2S. The molecule has 0 fully saturated rings. The molecule has 0 saturated carbocycles. The van der Waals surface area contributed by atoms with Gasteiger partial charge >= 0.3 is 0 Å². The predicted octanol–water partition coefficient (Wildman–Crippen LogP) is 4.83. The van der Waals surface area contributed by atoms with Gasteiger partial charge in [-0.25, -0.2) is 13.4 Å². The summed E-state index contributed by atoms with van der Waals surface area (Å²) in [5.41, 5.74) is 0.886. The normalized spacial score (nSPS) is 12.5. The third-order valence-corrected chi connectivity index (χ3v) is 5.89. The van der Waals surface area contributed by atoms with Gasteiger partial charge in [-0.15, -0.1) is 0 Å². The van der Waals surface area contributed by atoms with E-state index in [1.165, 1.54) is 18.3 Å². The van der Waals surface area contributed by atoms with Crippen LogP contribution in [-0.2, 0) is 9.84 Å². The lowest BCUT2D eigenvalue weighted by Crippen LogP contribution is -2.02. The van der Waals surface area contributed by atoms with Crippen molar-refractivity contribution in [1.29, 1.82) is 0 Å². The molecule has 0 amide bonds. The number of fused-ring (bicyclic) bond motifs is 1. The molecule has 23 heavy (non-hydrogen) atoms. The minimum atomic E-state index is -3.54. The van der Waals surface area contributed by atoms with E-state index in [1.54, 1.807) is 13.0 Å². The topological polar surface area (TPSA) is 47.0 Å². The smallest absolute Gasteiger partial charge is 0.202 e. The van der Waals surface area contributed by atoms with Gasteiger partial charge in [-0.05, 0) is 57.4 Å². The Hall–Kier alpha value is -1.98. The molecule has 3 rings (SSSR count). The second-order valence-corrected chi connectivity index (χ2v) is 8.08. The Morgan fingerprint density at radius 3 is 2.61 bits per heavy atom. The molecule has 1 aromatic heterocycles. The fraction of sp³-hybridized carbons (Fsp3) is 0.0556. The lowest BCUT2D eigenvalue weighted by atomic mass is 10.0. The number of hydrogen-bond acceptors (Lipinski definition) is 3. The Morgan fingerprint density at radius 2 is 1.83 bits per heavy atom. The highest BCUT2D eigenvalue weighted by Gasteiger charge is 2.17. The maximum atomic E-state index is 12.7. The van der Waals surface area contributed by atoms with E-state index < -0.39 is 9.84 Å². The summed E-state index contributed by atoms with van der Waals surface area (Å²) >= 11 is 3.21. The van der Waals surface area contributed by atoms with Crippen LogP contribution in [0.15, 0.2) is 75.2 Å². The lowest BCUT2D eigenvalue weighted by Gasteiger charge is -2.07. The van der Waals surface area contributed by atoms with Gasteiger partial charge in [-0.3, -0.25) is 0 Å². The first kappa shape index (κ1) is 15.9. The van der Waals surface area contributed by atoms with Crippen LogP contribution in [0.1, 0.15) is 12.5 Å². The van der Waals surface area contributed by atoms with Crippen molar-refractivity contribution in [2.75, 3.05) is 0 Å². The zero-order valence-corrected chi connectivity index (χ0v) is 14.8. The van der Waals surface area contributed by atoms with Gasteiger partial charge < -0.3 is 0 Å². The number of benzene rings is 2. The molecule has 0 radical (unpaired) electrons. The molecule has 0 spiro atoms. The lowest BCUT2D eigenvalue weighted by molar-refractivity contribution is 0.602. The summed E-state index contributed by atoms with van der Waals surface area (Å²) in [7, 11) is -3.54. The summed E-state index contributed by atoms with van der Waals surface area (Å²) in [6, 6.07) is 16.8. The van der Waals surface area contributed by atoms with Crippen LogP contribution in [0, 0.1) is 0 Å². The zero-order chi connectivity index (χ0) is 16.4. The Kier molecular flexibility index (Phi) is 4.33. The highest BCUT2D eigenvalue weighted by atomic mass is 79.9. The van der Waals surface area contributed by atoms with Crippen molar-refractivity contribution in [1.82, 2.24) is 4.98 Å². The maximum absolute atomic E-state index is 12.7. The third-order valence-electron chi connectivity index (χ3n) is 3.61. The molecule has 3 aromatic rings. The van der Waals surface area contributed by atoms with Gasteiger partial charge in [0.15, 0.2) is 0 Å². The van der Waals surface area contributed by atoms with Gasteiger partial charge in [0.25, 0.3) is 0 Å². The average molecular weight is 388 g/mol. The van der Waals surface area contributed by atoms with Crippen LogP contribution in [0.3, 0.4) is 0 Å². The van der Waals surface area contributed by atoms with E-state index in [1.807, 2.05) is 42.5 Å². The van der Waals surface area contributed by atoms with Crippen LogP contribution in [0.4, 0.5) is 0 Å². The molecule has 0 aliphatic carbocycles. The fourth-order valence-electron chi connectivity index (χ4n) is 2.41. The summed E-state index contributed by atoms with van der Waals surface area (Å²) in [5.74, 6) is 0. The van der Waals surface area contributed by atoms with Gasteiger partial charge in [0.2, 0.25) is 9.84 Å². The Morgan fingerprint density at radius 1 is 1.09 bits per heavy atom. The molecular weight excluding hydrogens is 374 g/mol. The van der Waals surface area contributed by atoms with E-state index >= 15 is 0 Å². The second kappa shape index (κ2) is 6.26. The summed E-state index contributed by atoms with van der Waals surface area (Å²) in [6.45, 7) is 1.62. The van der Waals surface area contributed by atoms with Crippen molar-refractivity contribution >= 4 is 42.6 Å². The van der Waals surface area contributed by atoms with Gasteiger partial charge in [0.1, 0.15) is 4.60 Å². The predicted molar refractivity (Wildman–Crippen MR) is 96.7 cm³/mol. The quantitative estimate of drug-likeness (QED) is 0.604. The number of nitrogens with zero attached hydrogens (tertiary/aromatic N) is 1. The molecule has 0 unspecified atom stereocenters. The highest BCUT2D eigenvalue weighted by molar-refractivity contribution is 9.10. The average Bonchev–Trinajstić information content (AvgIpc) is 2.55. The van der Waals surface area contributed by atoms with Crippen molar-refractivity contribution in [3.05, 3.63) is 75.9 Å². The van der Waals surface area contributed by atoms with Gasteiger partial charge in [-0.2, -0.15) is 0 Å². The first-order valence-corrected chi connectivity index (χ1v) is 9.29. The van der Waals surface area contributed by atoms with E-state index in [9.17, 15) is 8.42 Å². The summed E-state index contributed by atoms with van der Waals surface area (Å²) in [4.78, 5) is 4.50. The maximum Gasteiger partial charge on any atom is 0.202 e. The van der Waals surface area contributed by atoms with Crippen molar-refractivity contribution in [3.63, 3.8) is 0 Å². The molecule has 116 valence electrons. The van der Waals surface area contributed by atoms with Crippen molar-refractivity contribution in [3.8, 4) is 0 Å². The molecule has 0 aliphatic heterocycles. The third kappa shape index (κ3) is 3.21. The van der Waals surface area contributed by atoms with Crippen LogP contribution in [0.2, 0.25) is 0 Å². The van der Waals surface area contributed by atoms with Crippen LogP contribution in [0.25, 0.3) is 16.8 Å². The van der Waals surface area contributed by atoms with Gasteiger partial charge in [-0.1, -0.05) is 42.5 Å². The molecule has 3 nitrogen and oxygen atoms in total. The molecule has 2 aromatic carbocycles. The second-order valence-electron chi connectivity index (χ2n) is 5.14. The molecule has 5 heteroatoms. The van der Waals surface area contributed by atoms with E-state index in [4.69, 9.17) is 0 Å². The van der Waals surface area contributed by atoms with E-state index in [0.717, 1.165) is 16.3 Å². The number of hydrogen-bond donors (Lipinski definition) is 0. The number of rotatable bonds is 3. The number of pyridine rings is 1. The fourth-order valence-corrected chi connectivity index (χ4v) is 4.09. The largest absolute Gasteiger partial charge is 0.249 e. The number of aromatic nitrogens is 1. The number of allylic oxidation sites excluding steroid dienone is 1. The standard InChI is InChI=1S/C18H14BrNO2S/c1-13(23(21,22)16-9-10-20-18(19)12-16)11-15-7-4-6-14-5-2-3-8-17(14)15/h2-12H,1H3. The first-order chi connectivity index (χ1) is 11.0. The van der Waals surface area contributed by atoms with Crippen LogP contribution in [-0.4, -0.2) is 13.4 Å². The Labute approximate surface area is 143 Å². The van der Waals surface area contributed by atoms with Crippen molar-refractivity contribution in [2.45, 2.75) is 11.8 Å². The highest BCUT2D eigenvalue weighted by Crippen LogP contribution is 2.26.